The second-order valence-corrected chi connectivity index (χ2v) is 8.96. The van der Waals surface area contributed by atoms with Gasteiger partial charge in [-0.3, -0.25) is 9.78 Å². The Labute approximate surface area is 213 Å². The third-order valence-corrected chi connectivity index (χ3v) is 6.44. The van der Waals surface area contributed by atoms with Crippen LogP contribution in [-0.4, -0.2) is 56.2 Å². The lowest BCUT2D eigenvalue weighted by Gasteiger charge is -2.32. The van der Waals surface area contributed by atoms with E-state index in [9.17, 15) is 14.3 Å². The van der Waals surface area contributed by atoms with Crippen molar-refractivity contribution >= 4 is 28.7 Å². The minimum atomic E-state index is -0.858. The Morgan fingerprint density at radius 2 is 2.17 bits per heavy atom. The number of carbonyl (C=O) groups excluding carboxylic acids is 1. The number of ether oxygens (including phenoxy) is 1. The fraction of sp³-hybridized carbons (Fsp3) is 0.320. The summed E-state index contributed by atoms with van der Waals surface area (Å²) in [5.74, 6) is -0.208. The van der Waals surface area contributed by atoms with Crippen LogP contribution in [0.2, 0.25) is 5.02 Å². The molecule has 0 saturated carbocycles. The average Bonchev–Trinajstić information content (AvgIpc) is 3.27. The van der Waals surface area contributed by atoms with Gasteiger partial charge in [0.25, 0.3) is 0 Å². The van der Waals surface area contributed by atoms with Crippen molar-refractivity contribution in [1.29, 1.82) is 0 Å². The summed E-state index contributed by atoms with van der Waals surface area (Å²) in [4.78, 5) is 17.6. The Balaban J connectivity index is 1.59. The summed E-state index contributed by atoms with van der Waals surface area (Å²) in [6, 6.07) is 4.59. The Kier molecular flexibility index (Phi) is 7.76. The van der Waals surface area contributed by atoms with Crippen molar-refractivity contribution in [3.05, 3.63) is 77.2 Å². The average molecular weight is 515 g/mol. The first kappa shape index (κ1) is 25.5. The smallest absolute Gasteiger partial charge is 0.245 e. The highest BCUT2D eigenvalue weighted by molar-refractivity contribution is 6.34. The van der Waals surface area contributed by atoms with Crippen LogP contribution in [-0.2, 0) is 4.79 Å². The minimum absolute atomic E-state index is 0.0593. The van der Waals surface area contributed by atoms with Crippen LogP contribution in [0.3, 0.4) is 0 Å². The molecule has 0 aromatic carbocycles. The lowest BCUT2D eigenvalue weighted by atomic mass is 10.0. The molecule has 190 valence electrons. The summed E-state index contributed by atoms with van der Waals surface area (Å²) >= 11 is 6.36. The van der Waals surface area contributed by atoms with Gasteiger partial charge in [-0.25, -0.2) is 8.91 Å². The lowest BCUT2D eigenvalue weighted by molar-refractivity contribution is -0.127. The molecule has 0 bridgehead atoms. The molecule has 36 heavy (non-hydrogen) atoms. The second-order valence-electron chi connectivity index (χ2n) is 8.56. The van der Waals surface area contributed by atoms with Crippen LogP contribution in [0.25, 0.3) is 11.2 Å². The maximum Gasteiger partial charge on any atom is 0.245 e. The number of hydrogen-bond donors (Lipinski definition) is 3. The molecule has 4 N–H and O–H groups in total. The summed E-state index contributed by atoms with van der Waals surface area (Å²) in [5.41, 5.74) is 9.26. The number of piperidine rings is 1. The van der Waals surface area contributed by atoms with Gasteiger partial charge in [-0.05, 0) is 44.0 Å². The van der Waals surface area contributed by atoms with Gasteiger partial charge in [0.2, 0.25) is 5.91 Å². The van der Waals surface area contributed by atoms with Gasteiger partial charge in [0, 0.05) is 36.6 Å². The predicted octanol–water partition coefficient (Wildman–Crippen LogP) is 3.05. The third-order valence-electron chi connectivity index (χ3n) is 6.16. The highest BCUT2D eigenvalue weighted by Gasteiger charge is 2.23. The molecule has 4 rings (SSSR count). The fourth-order valence-electron chi connectivity index (χ4n) is 4.18. The van der Waals surface area contributed by atoms with Crippen LogP contribution < -0.4 is 15.8 Å². The SMILES string of the molecule is C=CC(=O)N1CCC(N/C(C)=C(\N)c2cc(OC(CO)c3ccc(F)cn3)c3c(Cl)cnn3c2)CC1. The number of aliphatic hydroxyl groups is 1. The molecule has 4 heterocycles. The summed E-state index contributed by atoms with van der Waals surface area (Å²) in [6.07, 6.45) is 6.34. The van der Waals surface area contributed by atoms with Gasteiger partial charge < -0.3 is 25.8 Å². The number of aliphatic hydroxyl groups excluding tert-OH is 1. The summed E-state index contributed by atoms with van der Waals surface area (Å²) in [6.45, 7) is 6.33. The van der Waals surface area contributed by atoms with Crippen LogP contribution in [0.1, 0.15) is 37.1 Å². The number of aromatic nitrogens is 3. The third kappa shape index (κ3) is 5.44. The number of carbonyl (C=O) groups is 1. The van der Waals surface area contributed by atoms with Gasteiger partial charge in [0.1, 0.15) is 17.1 Å². The normalized spacial score (nSPS) is 15.9. The van der Waals surface area contributed by atoms with Crippen molar-refractivity contribution in [2.24, 2.45) is 5.73 Å². The number of pyridine rings is 2. The Bertz CT molecular complexity index is 1280. The minimum Gasteiger partial charge on any atom is -0.479 e. The first-order valence-corrected chi connectivity index (χ1v) is 11.9. The number of nitrogens with zero attached hydrogens (tertiary/aromatic N) is 4. The van der Waals surface area contributed by atoms with E-state index < -0.39 is 11.9 Å². The van der Waals surface area contributed by atoms with E-state index in [0.717, 1.165) is 24.7 Å². The Hall–Kier alpha value is -3.63. The number of halogens is 2. The van der Waals surface area contributed by atoms with Crippen molar-refractivity contribution in [3.8, 4) is 5.75 Å². The zero-order chi connectivity index (χ0) is 25.8. The van der Waals surface area contributed by atoms with E-state index in [0.29, 0.717) is 46.3 Å². The molecule has 0 radical (unpaired) electrons. The van der Waals surface area contributed by atoms with E-state index in [2.05, 4.69) is 22.0 Å². The molecule has 1 atom stereocenters. The predicted molar refractivity (Wildman–Crippen MR) is 135 cm³/mol. The molecular weight excluding hydrogens is 487 g/mol. The van der Waals surface area contributed by atoms with Gasteiger partial charge in [0.05, 0.1) is 35.4 Å². The molecule has 1 saturated heterocycles. The summed E-state index contributed by atoms with van der Waals surface area (Å²) in [7, 11) is 0. The van der Waals surface area contributed by atoms with Crippen molar-refractivity contribution in [1.82, 2.24) is 24.8 Å². The fourth-order valence-corrected chi connectivity index (χ4v) is 4.40. The van der Waals surface area contributed by atoms with Crippen LogP contribution >= 0.6 is 11.6 Å². The molecule has 1 unspecified atom stereocenters. The van der Waals surface area contributed by atoms with Crippen LogP contribution in [0, 0.1) is 5.82 Å². The standard InChI is InChI=1S/C25H28ClFN6O3/c1-3-23(35)32-8-6-18(7-9-32)31-15(2)24(28)16-10-21(25-19(26)12-30-33(25)13-16)36-22(14-34)20-5-4-17(27)11-29-20/h3-5,10-13,18,22,31,34H,1,6-9,14,28H2,2H3/b24-15-. The van der Waals surface area contributed by atoms with Gasteiger partial charge in [-0.15, -0.1) is 0 Å². The van der Waals surface area contributed by atoms with E-state index in [1.165, 1.54) is 24.4 Å². The lowest BCUT2D eigenvalue weighted by Crippen LogP contribution is -2.44. The molecule has 0 aliphatic carbocycles. The van der Waals surface area contributed by atoms with Gasteiger partial charge in [-0.1, -0.05) is 18.2 Å². The number of likely N-dealkylation sites (tertiary alicyclic amines) is 1. The number of hydrogen-bond acceptors (Lipinski definition) is 7. The second kappa shape index (κ2) is 11.0. The Morgan fingerprint density at radius 3 is 2.81 bits per heavy atom. The first-order chi connectivity index (χ1) is 17.3. The number of nitrogens with one attached hydrogen (secondary N) is 1. The highest BCUT2D eigenvalue weighted by Crippen LogP contribution is 2.33. The van der Waals surface area contributed by atoms with Gasteiger partial charge >= 0.3 is 0 Å². The van der Waals surface area contributed by atoms with Crippen molar-refractivity contribution in [3.63, 3.8) is 0 Å². The van der Waals surface area contributed by atoms with E-state index in [-0.39, 0.29) is 18.6 Å². The van der Waals surface area contributed by atoms with E-state index >= 15 is 0 Å². The first-order valence-electron chi connectivity index (χ1n) is 11.5. The van der Waals surface area contributed by atoms with E-state index in [1.54, 1.807) is 21.7 Å². The Morgan fingerprint density at radius 1 is 1.42 bits per heavy atom. The molecule has 1 aliphatic heterocycles. The van der Waals surface area contributed by atoms with E-state index in [1.807, 2.05) is 6.92 Å². The highest BCUT2D eigenvalue weighted by atomic mass is 35.5. The number of amides is 1. The summed E-state index contributed by atoms with van der Waals surface area (Å²) < 4.78 is 21.0. The zero-order valence-corrected chi connectivity index (χ0v) is 20.6. The van der Waals surface area contributed by atoms with Crippen LogP contribution in [0.5, 0.6) is 5.75 Å². The molecule has 9 nitrogen and oxygen atoms in total. The molecule has 1 aliphatic rings. The quantitative estimate of drug-likeness (QED) is 0.395. The molecule has 0 spiro atoms. The largest absolute Gasteiger partial charge is 0.479 e. The molecule has 3 aromatic heterocycles. The maximum atomic E-state index is 13.3. The molecule has 11 heteroatoms. The van der Waals surface area contributed by atoms with Gasteiger partial charge in [-0.2, -0.15) is 5.10 Å². The molecule has 3 aromatic rings. The molecular formula is C25H28ClFN6O3. The van der Waals surface area contributed by atoms with Crippen molar-refractivity contribution < 1.29 is 19.0 Å². The van der Waals surface area contributed by atoms with Crippen LogP contribution in [0.4, 0.5) is 4.39 Å². The number of allylic oxidation sites excluding steroid dienone is 1. The molecule has 1 amide bonds. The van der Waals surface area contributed by atoms with Gasteiger partial charge in [0.15, 0.2) is 6.10 Å². The van der Waals surface area contributed by atoms with Crippen molar-refractivity contribution in [2.45, 2.75) is 31.9 Å². The molecule has 1 fully saturated rings. The maximum absolute atomic E-state index is 13.3. The van der Waals surface area contributed by atoms with Crippen molar-refractivity contribution in [2.75, 3.05) is 19.7 Å². The van der Waals surface area contributed by atoms with E-state index in [4.69, 9.17) is 22.1 Å². The zero-order valence-electron chi connectivity index (χ0n) is 19.8. The number of rotatable bonds is 8. The number of fused-ring (bicyclic) bond motifs is 1. The van der Waals surface area contributed by atoms with Crippen LogP contribution in [0.15, 0.2) is 55.1 Å². The topological polar surface area (TPSA) is 118 Å². The monoisotopic (exact) mass is 514 g/mol. The number of nitrogens with two attached hydrogens (primary N) is 1. The summed E-state index contributed by atoms with van der Waals surface area (Å²) in [5, 5.41) is 18.0.